The predicted molar refractivity (Wildman–Crippen MR) is 63.8 cm³/mol. The fraction of sp³-hybridized carbons (Fsp3) is 0.500. The van der Waals surface area contributed by atoms with E-state index in [-0.39, 0.29) is 11.1 Å². The van der Waals surface area contributed by atoms with Crippen LogP contribution in [-0.2, 0) is 0 Å². The highest BCUT2D eigenvalue weighted by molar-refractivity contribution is 5.88. The highest BCUT2D eigenvalue weighted by Gasteiger charge is 2.19. The molecule has 0 saturated carbocycles. The van der Waals surface area contributed by atoms with Crippen molar-refractivity contribution in [1.82, 2.24) is 4.98 Å². The summed E-state index contributed by atoms with van der Waals surface area (Å²) in [6.07, 6.45) is 3.43. The summed E-state index contributed by atoms with van der Waals surface area (Å²) in [4.78, 5) is 14.9. The quantitative estimate of drug-likeness (QED) is 0.804. The van der Waals surface area contributed by atoms with Crippen molar-refractivity contribution in [1.29, 1.82) is 0 Å². The van der Waals surface area contributed by atoms with E-state index in [1.165, 1.54) is 12.3 Å². The molecule has 0 bridgehead atoms. The third-order valence-corrected chi connectivity index (χ3v) is 3.00. The van der Waals surface area contributed by atoms with Gasteiger partial charge in [-0.3, -0.25) is 0 Å². The molecule has 0 saturated heterocycles. The fourth-order valence-corrected chi connectivity index (χ4v) is 1.37. The van der Waals surface area contributed by atoms with Crippen molar-refractivity contribution >= 4 is 11.8 Å². The van der Waals surface area contributed by atoms with E-state index < -0.39 is 5.97 Å². The summed E-state index contributed by atoms with van der Waals surface area (Å²) in [6.45, 7) is 6.29. The number of nitrogens with one attached hydrogen (secondary N) is 1. The Morgan fingerprint density at radius 2 is 2.12 bits per heavy atom. The van der Waals surface area contributed by atoms with E-state index in [0.29, 0.717) is 5.82 Å². The Kier molecular flexibility index (Phi) is 3.88. The van der Waals surface area contributed by atoms with Crippen molar-refractivity contribution in [3.8, 4) is 0 Å². The van der Waals surface area contributed by atoms with Gasteiger partial charge < -0.3 is 10.4 Å². The zero-order chi connectivity index (χ0) is 12.2. The van der Waals surface area contributed by atoms with Crippen molar-refractivity contribution in [3.63, 3.8) is 0 Å². The van der Waals surface area contributed by atoms with Gasteiger partial charge >= 0.3 is 5.97 Å². The van der Waals surface area contributed by atoms with E-state index in [1.54, 1.807) is 6.07 Å². The molecule has 0 aliphatic heterocycles. The van der Waals surface area contributed by atoms with Gasteiger partial charge in [0.15, 0.2) is 0 Å². The van der Waals surface area contributed by atoms with Gasteiger partial charge in [-0.25, -0.2) is 9.78 Å². The van der Waals surface area contributed by atoms with Crippen LogP contribution in [-0.4, -0.2) is 21.6 Å². The second-order valence-electron chi connectivity index (χ2n) is 4.13. The SMILES string of the molecule is CCC(C)(CC)Nc1cc(C(=O)O)ccn1. The van der Waals surface area contributed by atoms with Crippen molar-refractivity contribution in [2.75, 3.05) is 5.32 Å². The molecule has 0 spiro atoms. The van der Waals surface area contributed by atoms with Crippen molar-refractivity contribution < 1.29 is 9.90 Å². The molecule has 88 valence electrons. The zero-order valence-corrected chi connectivity index (χ0v) is 9.95. The zero-order valence-electron chi connectivity index (χ0n) is 9.95. The monoisotopic (exact) mass is 222 g/mol. The number of rotatable bonds is 5. The summed E-state index contributed by atoms with van der Waals surface area (Å²) in [6, 6.07) is 3.05. The second kappa shape index (κ2) is 4.96. The van der Waals surface area contributed by atoms with E-state index in [1.807, 2.05) is 0 Å². The number of aromatic carboxylic acids is 1. The molecule has 2 N–H and O–H groups in total. The number of nitrogens with zero attached hydrogens (tertiary/aromatic N) is 1. The first-order valence-corrected chi connectivity index (χ1v) is 5.48. The Labute approximate surface area is 95.7 Å². The van der Waals surface area contributed by atoms with Gasteiger partial charge in [0, 0.05) is 11.7 Å². The summed E-state index contributed by atoms with van der Waals surface area (Å²) < 4.78 is 0. The fourth-order valence-electron chi connectivity index (χ4n) is 1.37. The summed E-state index contributed by atoms with van der Waals surface area (Å²) in [5.74, 6) is -0.314. The van der Waals surface area contributed by atoms with Crippen molar-refractivity contribution in [2.45, 2.75) is 39.2 Å². The van der Waals surface area contributed by atoms with Crippen LogP contribution in [0, 0.1) is 0 Å². The molecule has 0 aliphatic rings. The maximum atomic E-state index is 10.8. The number of pyridine rings is 1. The second-order valence-corrected chi connectivity index (χ2v) is 4.13. The van der Waals surface area contributed by atoms with Gasteiger partial charge in [-0.1, -0.05) is 13.8 Å². The van der Waals surface area contributed by atoms with Crippen molar-refractivity contribution in [2.24, 2.45) is 0 Å². The van der Waals surface area contributed by atoms with Crippen LogP contribution in [0.1, 0.15) is 44.0 Å². The molecule has 16 heavy (non-hydrogen) atoms. The number of anilines is 1. The molecule has 1 aromatic heterocycles. The van der Waals surface area contributed by atoms with Gasteiger partial charge in [-0.05, 0) is 31.9 Å². The lowest BCUT2D eigenvalue weighted by Gasteiger charge is -2.28. The molecule has 0 atom stereocenters. The highest BCUT2D eigenvalue weighted by atomic mass is 16.4. The Hall–Kier alpha value is -1.58. The van der Waals surface area contributed by atoms with E-state index >= 15 is 0 Å². The van der Waals surface area contributed by atoms with Gasteiger partial charge in [-0.15, -0.1) is 0 Å². The predicted octanol–water partition coefficient (Wildman–Crippen LogP) is 2.77. The van der Waals surface area contributed by atoms with Gasteiger partial charge in [0.2, 0.25) is 0 Å². The normalized spacial score (nSPS) is 11.2. The minimum atomic E-state index is -0.930. The molecule has 0 aromatic carbocycles. The molecule has 0 radical (unpaired) electrons. The van der Waals surface area contributed by atoms with Gasteiger partial charge in [-0.2, -0.15) is 0 Å². The Morgan fingerprint density at radius 1 is 1.50 bits per heavy atom. The number of carboxylic acids is 1. The van der Waals surface area contributed by atoms with E-state index in [9.17, 15) is 4.79 Å². The molecular weight excluding hydrogens is 204 g/mol. The molecule has 0 amide bonds. The summed E-state index contributed by atoms with van der Waals surface area (Å²) in [5.41, 5.74) is 0.219. The van der Waals surface area contributed by atoms with E-state index in [2.05, 4.69) is 31.1 Å². The molecule has 4 nitrogen and oxygen atoms in total. The third kappa shape index (κ3) is 2.95. The standard InChI is InChI=1S/C12H18N2O2/c1-4-12(3,5-2)14-10-8-9(11(15)16)6-7-13-10/h6-8H,4-5H2,1-3H3,(H,13,14)(H,15,16). The first kappa shape index (κ1) is 12.5. The Balaban J connectivity index is 2.89. The lowest BCUT2D eigenvalue weighted by molar-refractivity contribution is 0.0697. The van der Waals surface area contributed by atoms with Crippen LogP contribution in [0.3, 0.4) is 0 Å². The first-order chi connectivity index (χ1) is 7.50. The number of hydrogen-bond acceptors (Lipinski definition) is 3. The molecule has 0 aliphatic carbocycles. The van der Waals surface area contributed by atoms with Crippen LogP contribution in [0.4, 0.5) is 5.82 Å². The van der Waals surface area contributed by atoms with Gasteiger partial charge in [0.05, 0.1) is 5.56 Å². The lowest BCUT2D eigenvalue weighted by Crippen LogP contribution is -2.33. The maximum absolute atomic E-state index is 10.8. The molecule has 0 unspecified atom stereocenters. The Bertz CT molecular complexity index is 373. The summed E-state index contributed by atoms with van der Waals surface area (Å²) in [7, 11) is 0. The highest BCUT2D eigenvalue weighted by Crippen LogP contribution is 2.20. The maximum Gasteiger partial charge on any atom is 0.335 e. The van der Waals surface area contributed by atoms with E-state index in [0.717, 1.165) is 12.8 Å². The van der Waals surface area contributed by atoms with Gasteiger partial charge in [0.1, 0.15) is 5.82 Å². The number of carboxylic acid groups (broad SMARTS) is 1. The third-order valence-electron chi connectivity index (χ3n) is 3.00. The Morgan fingerprint density at radius 3 is 2.62 bits per heavy atom. The van der Waals surface area contributed by atoms with Crippen LogP contribution >= 0.6 is 0 Å². The first-order valence-electron chi connectivity index (χ1n) is 5.48. The topological polar surface area (TPSA) is 62.2 Å². The molecular formula is C12H18N2O2. The van der Waals surface area contributed by atoms with Crippen LogP contribution in [0.25, 0.3) is 0 Å². The van der Waals surface area contributed by atoms with Crippen LogP contribution in [0.2, 0.25) is 0 Å². The summed E-state index contributed by atoms with van der Waals surface area (Å²) in [5, 5.41) is 12.1. The van der Waals surface area contributed by atoms with Crippen LogP contribution < -0.4 is 5.32 Å². The molecule has 4 heteroatoms. The number of aromatic nitrogens is 1. The lowest BCUT2D eigenvalue weighted by atomic mass is 9.95. The van der Waals surface area contributed by atoms with E-state index in [4.69, 9.17) is 5.11 Å². The van der Waals surface area contributed by atoms with Gasteiger partial charge in [0.25, 0.3) is 0 Å². The number of carbonyl (C=O) groups is 1. The van der Waals surface area contributed by atoms with Crippen molar-refractivity contribution in [3.05, 3.63) is 23.9 Å². The largest absolute Gasteiger partial charge is 0.478 e. The smallest absolute Gasteiger partial charge is 0.335 e. The molecule has 1 rings (SSSR count). The molecule has 1 aromatic rings. The molecule has 1 heterocycles. The average molecular weight is 222 g/mol. The average Bonchev–Trinajstić information content (AvgIpc) is 2.29. The van der Waals surface area contributed by atoms with Crippen LogP contribution in [0.5, 0.6) is 0 Å². The molecule has 0 fully saturated rings. The minimum Gasteiger partial charge on any atom is -0.478 e. The summed E-state index contributed by atoms with van der Waals surface area (Å²) >= 11 is 0. The number of hydrogen-bond donors (Lipinski definition) is 2. The minimum absolute atomic E-state index is 0.0376. The van der Waals surface area contributed by atoms with Crippen LogP contribution in [0.15, 0.2) is 18.3 Å².